The first-order valence-electron chi connectivity index (χ1n) is 8.85. The van der Waals surface area contributed by atoms with E-state index in [2.05, 4.69) is 31.2 Å². The minimum absolute atomic E-state index is 0.195. The van der Waals surface area contributed by atoms with E-state index in [9.17, 15) is 4.79 Å². The molecule has 0 fully saturated rings. The van der Waals surface area contributed by atoms with Gasteiger partial charge in [-0.2, -0.15) is 0 Å². The van der Waals surface area contributed by atoms with Crippen LogP contribution < -0.4 is 15.6 Å². The number of nitrogens with zero attached hydrogens (tertiary/aromatic N) is 2. The zero-order chi connectivity index (χ0) is 20.2. The smallest absolute Gasteiger partial charge is 0.262 e. The summed E-state index contributed by atoms with van der Waals surface area (Å²) in [5.41, 5.74) is 1.70. The van der Waals surface area contributed by atoms with E-state index in [4.69, 9.17) is 9.15 Å². The van der Waals surface area contributed by atoms with Gasteiger partial charge in [0.15, 0.2) is 16.5 Å². The number of carbonyl (C=O) groups is 1. The van der Waals surface area contributed by atoms with Crippen LogP contribution in [0.4, 0.5) is 10.8 Å². The van der Waals surface area contributed by atoms with Crippen molar-refractivity contribution in [2.75, 3.05) is 11.9 Å². The fraction of sp³-hybridized carbons (Fsp3) is 0.0952. The number of aromatic nitrogens is 1. The molecule has 4 rings (SSSR count). The summed E-state index contributed by atoms with van der Waals surface area (Å²) in [6.07, 6.45) is 1.63. The average molecular weight is 470 g/mol. The fourth-order valence-corrected chi connectivity index (χ4v) is 3.51. The second-order valence-corrected chi connectivity index (χ2v) is 7.76. The quantitative estimate of drug-likeness (QED) is 0.416. The second-order valence-electron chi connectivity index (χ2n) is 5.95. The Morgan fingerprint density at radius 2 is 2.10 bits per heavy atom. The molecule has 2 aromatic heterocycles. The number of nitrogens with one attached hydrogen (secondary N) is 1. The minimum Gasteiger partial charge on any atom is -0.490 e. The number of thiazole rings is 1. The van der Waals surface area contributed by atoms with Crippen molar-refractivity contribution < 1.29 is 13.9 Å². The van der Waals surface area contributed by atoms with Crippen molar-refractivity contribution in [1.29, 1.82) is 0 Å². The number of hydrogen-bond acceptors (Lipinski definition) is 6. The summed E-state index contributed by atoms with van der Waals surface area (Å²) in [6, 6.07) is 14.7. The lowest BCUT2D eigenvalue weighted by molar-refractivity contribution is 0.102. The Morgan fingerprint density at radius 1 is 1.28 bits per heavy atom. The van der Waals surface area contributed by atoms with E-state index in [1.54, 1.807) is 17.6 Å². The van der Waals surface area contributed by atoms with Gasteiger partial charge < -0.3 is 9.15 Å². The van der Waals surface area contributed by atoms with Gasteiger partial charge in [0.1, 0.15) is 5.56 Å². The summed E-state index contributed by atoms with van der Waals surface area (Å²) in [4.78, 5) is 21.6. The monoisotopic (exact) mass is 469 g/mol. The Labute approximate surface area is 179 Å². The molecule has 146 valence electrons. The molecule has 0 aliphatic rings. The number of rotatable bonds is 5. The average Bonchev–Trinajstić information content (AvgIpc) is 3.23. The van der Waals surface area contributed by atoms with Crippen molar-refractivity contribution in [1.82, 2.24) is 4.98 Å². The van der Waals surface area contributed by atoms with Gasteiger partial charge in [0.25, 0.3) is 5.91 Å². The van der Waals surface area contributed by atoms with Crippen molar-refractivity contribution >= 4 is 55.0 Å². The summed E-state index contributed by atoms with van der Waals surface area (Å²) >= 11 is 4.75. The molecule has 2 heterocycles. The van der Waals surface area contributed by atoms with Gasteiger partial charge in [-0.15, -0.1) is 11.3 Å². The third-order valence-electron chi connectivity index (χ3n) is 3.99. The molecule has 0 bridgehead atoms. The van der Waals surface area contributed by atoms with E-state index in [1.165, 1.54) is 11.3 Å². The molecule has 6 nitrogen and oxygen atoms in total. The van der Waals surface area contributed by atoms with E-state index in [-0.39, 0.29) is 11.5 Å². The zero-order valence-corrected chi connectivity index (χ0v) is 17.8. The van der Waals surface area contributed by atoms with Crippen LogP contribution in [0.1, 0.15) is 17.3 Å². The normalized spacial score (nSPS) is 11.6. The maximum absolute atomic E-state index is 12.9. The Bertz CT molecular complexity index is 1220. The number of fused-ring (bicyclic) bond motifs is 1. The number of anilines is 1. The Balaban J connectivity index is 1.89. The number of hydrogen-bond donors (Lipinski definition) is 1. The molecule has 0 radical (unpaired) electrons. The van der Waals surface area contributed by atoms with E-state index in [1.807, 2.05) is 49.4 Å². The third kappa shape index (κ3) is 4.38. The summed E-state index contributed by atoms with van der Waals surface area (Å²) < 4.78 is 12.7. The first-order chi connectivity index (χ1) is 14.1. The van der Waals surface area contributed by atoms with Crippen molar-refractivity contribution in [3.63, 3.8) is 0 Å². The van der Waals surface area contributed by atoms with Crippen molar-refractivity contribution in [3.05, 3.63) is 75.7 Å². The molecule has 2 aromatic carbocycles. The second kappa shape index (κ2) is 8.59. The first-order valence-corrected chi connectivity index (χ1v) is 10.5. The molecule has 0 unspecified atom stereocenters. The van der Waals surface area contributed by atoms with Crippen LogP contribution in [-0.2, 0) is 0 Å². The molecule has 1 amide bonds. The van der Waals surface area contributed by atoms with Crippen molar-refractivity contribution in [3.8, 4) is 5.75 Å². The van der Waals surface area contributed by atoms with Gasteiger partial charge in [-0.05, 0) is 43.3 Å². The van der Waals surface area contributed by atoms with Crippen molar-refractivity contribution in [2.45, 2.75) is 6.92 Å². The third-order valence-corrected chi connectivity index (χ3v) is 5.21. The van der Waals surface area contributed by atoms with Crippen molar-refractivity contribution in [2.24, 2.45) is 4.99 Å². The predicted molar refractivity (Wildman–Crippen MR) is 117 cm³/mol. The van der Waals surface area contributed by atoms with Crippen LogP contribution >= 0.6 is 27.3 Å². The zero-order valence-electron chi connectivity index (χ0n) is 15.4. The molecule has 0 atom stereocenters. The highest BCUT2D eigenvalue weighted by Gasteiger charge is 2.16. The van der Waals surface area contributed by atoms with Gasteiger partial charge in [0.05, 0.1) is 12.3 Å². The molecular weight excluding hydrogens is 454 g/mol. The molecule has 4 aromatic rings. The highest BCUT2D eigenvalue weighted by atomic mass is 79.9. The Hall–Kier alpha value is -2.97. The van der Waals surface area contributed by atoms with E-state index < -0.39 is 0 Å². The van der Waals surface area contributed by atoms with Crippen LogP contribution in [-0.4, -0.2) is 17.5 Å². The highest BCUT2D eigenvalue weighted by molar-refractivity contribution is 9.10. The Morgan fingerprint density at radius 3 is 2.83 bits per heavy atom. The van der Waals surface area contributed by atoms with E-state index in [0.717, 1.165) is 9.86 Å². The molecule has 0 aliphatic carbocycles. The maximum Gasteiger partial charge on any atom is 0.262 e. The molecule has 0 saturated heterocycles. The maximum atomic E-state index is 12.9. The van der Waals surface area contributed by atoms with E-state index >= 15 is 0 Å². The van der Waals surface area contributed by atoms with Crippen LogP contribution in [0.3, 0.4) is 0 Å². The van der Waals surface area contributed by atoms with Gasteiger partial charge in [-0.25, -0.2) is 9.98 Å². The number of carbonyl (C=O) groups excluding carboxylic acids is 1. The summed E-state index contributed by atoms with van der Waals surface area (Å²) in [5.74, 6) is 0.257. The molecule has 0 aliphatic heterocycles. The summed E-state index contributed by atoms with van der Waals surface area (Å²) in [5, 5.41) is 5.83. The van der Waals surface area contributed by atoms with Gasteiger partial charge in [-0.1, -0.05) is 28.1 Å². The predicted octanol–water partition coefficient (Wildman–Crippen LogP) is 5.54. The fourth-order valence-electron chi connectivity index (χ4n) is 2.72. The summed E-state index contributed by atoms with van der Waals surface area (Å²) in [7, 11) is 0. The van der Waals surface area contributed by atoms with Gasteiger partial charge in [0.2, 0.25) is 5.55 Å². The lowest BCUT2D eigenvalue weighted by Crippen LogP contribution is -2.21. The number of para-hydroxylation sites is 1. The highest BCUT2D eigenvalue weighted by Crippen LogP contribution is 2.26. The van der Waals surface area contributed by atoms with Gasteiger partial charge >= 0.3 is 0 Å². The molecule has 1 N–H and O–H groups in total. The lowest BCUT2D eigenvalue weighted by Gasteiger charge is -2.09. The number of halogens is 1. The lowest BCUT2D eigenvalue weighted by atomic mass is 10.1. The topological polar surface area (TPSA) is 76.7 Å². The molecule has 29 heavy (non-hydrogen) atoms. The summed E-state index contributed by atoms with van der Waals surface area (Å²) in [6.45, 7) is 2.40. The van der Waals surface area contributed by atoms with Crippen LogP contribution in [0.25, 0.3) is 11.0 Å². The molecule has 8 heteroatoms. The molecule has 0 saturated carbocycles. The largest absolute Gasteiger partial charge is 0.490 e. The number of ether oxygens (including phenoxy) is 1. The minimum atomic E-state index is -0.344. The van der Waals surface area contributed by atoms with Crippen LogP contribution in [0, 0.1) is 0 Å². The first kappa shape index (κ1) is 19.4. The standard InChI is InChI=1S/C21H16BrN3O3S/c1-2-27-17-5-3-4-13-12-16(19(26)25-21-23-10-11-29-21)20(28-18(13)17)24-15-8-6-14(22)7-9-15/h3-12H,2H2,1H3,(H,23,25,26). The number of amides is 1. The van der Waals surface area contributed by atoms with Crippen LogP contribution in [0.15, 0.2) is 74.0 Å². The van der Waals surface area contributed by atoms with Crippen LogP contribution in [0.5, 0.6) is 5.75 Å². The van der Waals surface area contributed by atoms with E-state index in [0.29, 0.717) is 34.3 Å². The van der Waals surface area contributed by atoms with Crippen LogP contribution in [0.2, 0.25) is 0 Å². The molecule has 0 spiro atoms. The SMILES string of the molecule is CCOc1cccc2cc(C(=O)Nc3nccs3)c(=Nc3ccc(Br)cc3)oc12. The molecular formula is C21H16BrN3O3S. The van der Waals surface area contributed by atoms with Gasteiger partial charge in [0, 0.05) is 21.4 Å². The van der Waals surface area contributed by atoms with Gasteiger partial charge in [-0.3, -0.25) is 10.1 Å². The number of benzene rings is 2. The Kier molecular flexibility index (Phi) is 5.73.